The van der Waals surface area contributed by atoms with Crippen LogP contribution in [0.5, 0.6) is 0 Å². The molecule has 0 fully saturated rings. The first-order chi connectivity index (χ1) is 7.56. The zero-order chi connectivity index (χ0) is 12.1. The van der Waals surface area contributed by atoms with E-state index < -0.39 is 10.7 Å². The van der Waals surface area contributed by atoms with Crippen LogP contribution in [0.15, 0.2) is 12.2 Å². The highest BCUT2D eigenvalue weighted by Crippen LogP contribution is 2.32. The highest BCUT2D eigenvalue weighted by molar-refractivity contribution is 6.44. The van der Waals surface area contributed by atoms with E-state index in [1.165, 1.54) is 0 Å². The van der Waals surface area contributed by atoms with Crippen molar-refractivity contribution in [2.45, 2.75) is 11.3 Å². The highest BCUT2D eigenvalue weighted by atomic mass is 35.5. The first-order valence-electron chi connectivity index (χ1n) is 4.65. The van der Waals surface area contributed by atoms with E-state index in [1.807, 2.05) is 6.08 Å². The van der Waals surface area contributed by atoms with E-state index in [1.54, 1.807) is 6.08 Å². The Balaban J connectivity index is 2.45. The van der Waals surface area contributed by atoms with Crippen molar-refractivity contribution < 1.29 is 9.59 Å². The van der Waals surface area contributed by atoms with Crippen LogP contribution in [0.1, 0.15) is 6.42 Å². The third-order valence-electron chi connectivity index (χ3n) is 2.29. The maximum absolute atomic E-state index is 11.7. The molecule has 1 aliphatic carbocycles. The molecule has 0 spiro atoms. The fourth-order valence-electron chi connectivity index (χ4n) is 1.47. The van der Waals surface area contributed by atoms with Crippen LogP contribution in [0.4, 0.5) is 0 Å². The summed E-state index contributed by atoms with van der Waals surface area (Å²) < 4.78 is 0. The maximum Gasteiger partial charge on any atom is 0.253 e. The van der Waals surface area contributed by atoms with E-state index in [-0.39, 0.29) is 23.6 Å². The van der Waals surface area contributed by atoms with Gasteiger partial charge in [0.15, 0.2) is 0 Å². The van der Waals surface area contributed by atoms with Gasteiger partial charge in [0.2, 0.25) is 5.91 Å². The van der Waals surface area contributed by atoms with E-state index in [9.17, 15) is 9.59 Å². The van der Waals surface area contributed by atoms with Gasteiger partial charge in [0.1, 0.15) is 10.7 Å². The minimum atomic E-state index is -0.641. The van der Waals surface area contributed by atoms with Gasteiger partial charge in [-0.25, -0.2) is 0 Å². The molecule has 2 atom stereocenters. The summed E-state index contributed by atoms with van der Waals surface area (Å²) in [4.78, 5) is 21.8. The molecule has 0 radical (unpaired) electrons. The molecule has 0 aliphatic heterocycles. The first-order valence-corrected chi connectivity index (χ1v) is 6.06. The van der Waals surface area contributed by atoms with Crippen LogP contribution in [0, 0.1) is 11.8 Å². The van der Waals surface area contributed by atoms with Crippen LogP contribution in [-0.4, -0.2) is 22.5 Å². The number of rotatable bonds is 3. The third-order valence-corrected chi connectivity index (χ3v) is 3.11. The van der Waals surface area contributed by atoms with Crippen LogP contribution in [0.3, 0.4) is 0 Å². The number of halogens is 3. The van der Waals surface area contributed by atoms with Gasteiger partial charge in [-0.1, -0.05) is 12.2 Å². The predicted octanol–water partition coefficient (Wildman–Crippen LogP) is 1.37. The molecule has 0 saturated heterocycles. The van der Waals surface area contributed by atoms with Crippen molar-refractivity contribution in [3.63, 3.8) is 0 Å². The second-order valence-corrected chi connectivity index (χ2v) is 4.78. The van der Waals surface area contributed by atoms with E-state index in [0.717, 1.165) is 0 Å². The molecule has 0 bridgehead atoms. The van der Waals surface area contributed by atoms with Gasteiger partial charge < -0.3 is 0 Å². The molecule has 2 unspecified atom stereocenters. The fourth-order valence-corrected chi connectivity index (χ4v) is 2.06. The molecular formula is C9H11Cl3N2O2. The Bertz CT molecular complexity index is 307. The van der Waals surface area contributed by atoms with E-state index >= 15 is 0 Å². The smallest absolute Gasteiger partial charge is 0.253 e. The van der Waals surface area contributed by atoms with Gasteiger partial charge in [-0.2, -0.15) is 0 Å². The van der Waals surface area contributed by atoms with Crippen molar-refractivity contribution in [1.29, 1.82) is 0 Å². The summed E-state index contributed by atoms with van der Waals surface area (Å²) in [5, 5.41) is 0. The lowest BCUT2D eigenvalue weighted by Gasteiger charge is -2.19. The molecule has 16 heavy (non-hydrogen) atoms. The molecular weight excluding hydrogens is 274 g/mol. The Morgan fingerprint density at radius 2 is 2.06 bits per heavy atom. The van der Waals surface area contributed by atoms with Crippen LogP contribution >= 0.6 is 34.8 Å². The topological polar surface area (TPSA) is 58.2 Å². The van der Waals surface area contributed by atoms with Gasteiger partial charge in [0.25, 0.3) is 5.91 Å². The molecule has 2 N–H and O–H groups in total. The zero-order valence-corrected chi connectivity index (χ0v) is 10.5. The molecule has 0 aromatic heterocycles. The van der Waals surface area contributed by atoms with E-state index in [2.05, 4.69) is 10.9 Å². The Labute approximate surface area is 108 Å². The Hall–Kier alpha value is -0.450. The van der Waals surface area contributed by atoms with Crippen LogP contribution in [-0.2, 0) is 9.59 Å². The van der Waals surface area contributed by atoms with Gasteiger partial charge in [0, 0.05) is 5.92 Å². The summed E-state index contributed by atoms with van der Waals surface area (Å²) in [5.74, 6) is -1.57. The molecule has 7 heteroatoms. The lowest BCUT2D eigenvalue weighted by molar-refractivity contribution is -0.130. The van der Waals surface area contributed by atoms with Crippen molar-refractivity contribution in [3.8, 4) is 0 Å². The largest absolute Gasteiger partial charge is 0.273 e. The molecule has 0 aromatic carbocycles. The average Bonchev–Trinajstić information content (AvgIpc) is 2.74. The second kappa shape index (κ2) is 6.33. The quantitative estimate of drug-likeness (QED) is 0.467. The minimum absolute atomic E-state index is 0.208. The van der Waals surface area contributed by atoms with Gasteiger partial charge >= 0.3 is 0 Å². The summed E-state index contributed by atoms with van der Waals surface area (Å²) in [7, 11) is 0. The van der Waals surface area contributed by atoms with Gasteiger partial charge in [0.05, 0.1) is 5.92 Å². The van der Waals surface area contributed by atoms with E-state index in [4.69, 9.17) is 34.8 Å². The number of carbonyl (C=O) groups excluding carboxylic acids is 2. The van der Waals surface area contributed by atoms with Crippen LogP contribution < -0.4 is 10.9 Å². The average molecular weight is 286 g/mol. The third kappa shape index (κ3) is 3.54. The van der Waals surface area contributed by atoms with Gasteiger partial charge in [-0.3, -0.25) is 20.4 Å². The Morgan fingerprint density at radius 1 is 1.38 bits per heavy atom. The normalized spacial score (nSPS) is 23.5. The Kier molecular flexibility index (Phi) is 5.38. The maximum atomic E-state index is 11.7. The fraction of sp³-hybridized carbons (Fsp3) is 0.556. The molecule has 1 aliphatic rings. The summed E-state index contributed by atoms with van der Waals surface area (Å²) >= 11 is 16.7. The lowest BCUT2D eigenvalue weighted by Crippen LogP contribution is -2.46. The second-order valence-electron chi connectivity index (χ2n) is 3.35. The van der Waals surface area contributed by atoms with Crippen LogP contribution in [0.25, 0.3) is 0 Å². The highest BCUT2D eigenvalue weighted by Gasteiger charge is 2.33. The first kappa shape index (κ1) is 13.6. The zero-order valence-electron chi connectivity index (χ0n) is 8.25. The SMILES string of the molecule is O=C(CCl)NNC(=O)C1CC=CC1C(Cl)Cl. The number of nitrogens with one attached hydrogen (secondary N) is 2. The summed E-state index contributed by atoms with van der Waals surface area (Å²) in [5.41, 5.74) is 4.46. The number of hydrogen-bond donors (Lipinski definition) is 2. The Morgan fingerprint density at radius 3 is 2.62 bits per heavy atom. The number of hydrazine groups is 1. The number of carbonyl (C=O) groups is 2. The van der Waals surface area contributed by atoms with Crippen molar-refractivity contribution in [1.82, 2.24) is 10.9 Å². The number of allylic oxidation sites excluding steroid dienone is 2. The summed E-state index contributed by atoms with van der Waals surface area (Å²) in [6.45, 7) is 0. The van der Waals surface area contributed by atoms with Crippen molar-refractivity contribution in [3.05, 3.63) is 12.2 Å². The predicted molar refractivity (Wildman–Crippen MR) is 63.2 cm³/mol. The van der Waals surface area contributed by atoms with Gasteiger partial charge in [-0.15, -0.1) is 34.8 Å². The number of alkyl halides is 3. The molecule has 0 saturated carbocycles. The number of hydrogen-bond acceptors (Lipinski definition) is 2. The van der Waals surface area contributed by atoms with Crippen LogP contribution in [0.2, 0.25) is 0 Å². The minimum Gasteiger partial charge on any atom is -0.273 e. The molecule has 1 rings (SSSR count). The number of amides is 2. The molecule has 4 nitrogen and oxygen atoms in total. The van der Waals surface area contributed by atoms with Crippen molar-refractivity contribution >= 4 is 46.6 Å². The van der Waals surface area contributed by atoms with Crippen molar-refractivity contribution in [2.75, 3.05) is 5.88 Å². The monoisotopic (exact) mass is 284 g/mol. The van der Waals surface area contributed by atoms with Crippen molar-refractivity contribution in [2.24, 2.45) is 11.8 Å². The van der Waals surface area contributed by atoms with Gasteiger partial charge in [-0.05, 0) is 6.42 Å². The molecule has 0 heterocycles. The summed E-state index contributed by atoms with van der Waals surface area (Å²) in [6.07, 6.45) is 4.21. The molecule has 90 valence electrons. The molecule has 0 aromatic rings. The molecule has 2 amide bonds. The lowest BCUT2D eigenvalue weighted by atomic mass is 9.96. The standard InChI is InChI=1S/C9H11Cl3N2O2/c10-4-7(15)13-14-9(16)6-3-1-2-5(6)8(11)12/h1-2,5-6,8H,3-4H2,(H,13,15)(H,14,16). The summed E-state index contributed by atoms with van der Waals surface area (Å²) in [6, 6.07) is 0. The van der Waals surface area contributed by atoms with E-state index in [0.29, 0.717) is 6.42 Å².